The Hall–Kier alpha value is -1.51. The molecule has 1 fully saturated rings. The number of hydrogen-bond acceptors (Lipinski definition) is 3. The molecule has 0 N–H and O–H groups in total. The molecule has 15 heavy (non-hydrogen) atoms. The Morgan fingerprint density at radius 2 is 1.87 bits per heavy atom. The van der Waals surface area contributed by atoms with Crippen LogP contribution in [0, 0.1) is 0 Å². The van der Waals surface area contributed by atoms with Gasteiger partial charge in [0.25, 0.3) is 0 Å². The van der Waals surface area contributed by atoms with Crippen molar-refractivity contribution in [2.75, 3.05) is 13.2 Å². The molecule has 1 aromatic carbocycles. The Balaban J connectivity index is 2.01. The molecule has 3 rings (SSSR count). The van der Waals surface area contributed by atoms with E-state index in [1.54, 1.807) is 0 Å². The van der Waals surface area contributed by atoms with Crippen LogP contribution in [0.4, 0.5) is 0 Å². The van der Waals surface area contributed by atoms with Crippen LogP contribution in [0.1, 0.15) is 18.4 Å². The van der Waals surface area contributed by atoms with Gasteiger partial charge in [-0.05, 0) is 30.5 Å². The van der Waals surface area contributed by atoms with Crippen molar-refractivity contribution in [1.82, 2.24) is 0 Å². The molecule has 0 unspecified atom stereocenters. The zero-order valence-electron chi connectivity index (χ0n) is 8.36. The van der Waals surface area contributed by atoms with Crippen LogP contribution in [0.2, 0.25) is 0 Å². The van der Waals surface area contributed by atoms with Gasteiger partial charge < -0.3 is 14.3 Å². The highest BCUT2D eigenvalue weighted by Crippen LogP contribution is 2.48. The second-order valence-electron chi connectivity index (χ2n) is 4.13. The molecule has 0 atom stereocenters. The van der Waals surface area contributed by atoms with Gasteiger partial charge in [-0.25, -0.2) is 0 Å². The Labute approximate surface area is 88.0 Å². The maximum atomic E-state index is 11.0. The third-order valence-corrected chi connectivity index (χ3v) is 3.13. The molecule has 1 aromatic rings. The van der Waals surface area contributed by atoms with Crippen LogP contribution in [-0.4, -0.2) is 19.5 Å². The maximum absolute atomic E-state index is 11.0. The number of carbonyl (C=O) groups excluding carboxylic acids is 1. The molecule has 0 aromatic heterocycles. The highest BCUT2D eigenvalue weighted by atomic mass is 16.6. The largest absolute Gasteiger partial charge is 0.486 e. The van der Waals surface area contributed by atoms with Gasteiger partial charge in [0.05, 0.1) is 5.41 Å². The summed E-state index contributed by atoms with van der Waals surface area (Å²) in [6.45, 7) is 1.19. The highest BCUT2D eigenvalue weighted by molar-refractivity contribution is 5.73. The predicted octanol–water partition coefficient (Wildman–Crippen LogP) is 1.69. The van der Waals surface area contributed by atoms with Crippen molar-refractivity contribution in [2.45, 2.75) is 18.3 Å². The zero-order chi connectivity index (χ0) is 10.3. The first-order valence-electron chi connectivity index (χ1n) is 5.21. The normalized spacial score (nSPS) is 20.8. The molecule has 0 bridgehead atoms. The molecule has 1 saturated carbocycles. The van der Waals surface area contributed by atoms with E-state index in [-0.39, 0.29) is 5.41 Å². The fraction of sp³-hybridized carbons (Fsp3) is 0.417. The average molecular weight is 204 g/mol. The van der Waals surface area contributed by atoms with Crippen molar-refractivity contribution in [2.24, 2.45) is 0 Å². The van der Waals surface area contributed by atoms with Gasteiger partial charge in [0.15, 0.2) is 11.5 Å². The minimum atomic E-state index is -0.226. The van der Waals surface area contributed by atoms with Gasteiger partial charge in [-0.3, -0.25) is 0 Å². The van der Waals surface area contributed by atoms with Crippen LogP contribution in [0.5, 0.6) is 11.5 Å². The lowest BCUT2D eigenvalue weighted by Crippen LogP contribution is -2.16. The number of fused-ring (bicyclic) bond motifs is 1. The van der Waals surface area contributed by atoms with Crippen LogP contribution in [-0.2, 0) is 10.2 Å². The second-order valence-corrected chi connectivity index (χ2v) is 4.13. The number of benzene rings is 1. The van der Waals surface area contributed by atoms with Crippen LogP contribution < -0.4 is 9.47 Å². The zero-order valence-corrected chi connectivity index (χ0v) is 8.36. The minimum absolute atomic E-state index is 0.226. The molecular weight excluding hydrogens is 192 g/mol. The number of rotatable bonds is 2. The second kappa shape index (κ2) is 2.99. The molecule has 3 nitrogen and oxygen atoms in total. The first kappa shape index (κ1) is 8.77. The summed E-state index contributed by atoms with van der Waals surface area (Å²) in [7, 11) is 0. The monoisotopic (exact) mass is 204 g/mol. The molecule has 1 heterocycles. The van der Waals surface area contributed by atoms with E-state index in [0.717, 1.165) is 36.2 Å². The first-order valence-corrected chi connectivity index (χ1v) is 5.21. The number of aldehydes is 1. The van der Waals surface area contributed by atoms with E-state index >= 15 is 0 Å². The number of carbonyl (C=O) groups is 1. The van der Waals surface area contributed by atoms with Crippen LogP contribution in [0.3, 0.4) is 0 Å². The lowest BCUT2D eigenvalue weighted by molar-refractivity contribution is -0.109. The Morgan fingerprint density at radius 1 is 1.13 bits per heavy atom. The van der Waals surface area contributed by atoms with Gasteiger partial charge in [0, 0.05) is 0 Å². The molecule has 0 radical (unpaired) electrons. The standard InChI is InChI=1S/C12H12O3/c13-8-12(3-4-12)9-1-2-10-11(7-9)15-6-5-14-10/h1-2,7-8H,3-6H2. The summed E-state index contributed by atoms with van der Waals surface area (Å²) in [6, 6.07) is 5.80. The van der Waals surface area contributed by atoms with E-state index in [0.29, 0.717) is 13.2 Å². The van der Waals surface area contributed by atoms with Crippen LogP contribution in [0.15, 0.2) is 18.2 Å². The van der Waals surface area contributed by atoms with Gasteiger partial charge in [-0.2, -0.15) is 0 Å². The van der Waals surface area contributed by atoms with Gasteiger partial charge >= 0.3 is 0 Å². The van der Waals surface area contributed by atoms with Gasteiger partial charge in [0.1, 0.15) is 19.5 Å². The topological polar surface area (TPSA) is 35.5 Å². The van der Waals surface area contributed by atoms with Crippen LogP contribution in [0.25, 0.3) is 0 Å². The summed E-state index contributed by atoms with van der Waals surface area (Å²) in [4.78, 5) is 11.0. The summed E-state index contributed by atoms with van der Waals surface area (Å²) < 4.78 is 10.9. The first-order chi connectivity index (χ1) is 7.34. The van der Waals surface area contributed by atoms with Gasteiger partial charge in [0.2, 0.25) is 0 Å². The maximum Gasteiger partial charge on any atom is 0.161 e. The molecule has 0 saturated heterocycles. The summed E-state index contributed by atoms with van der Waals surface area (Å²) in [5.41, 5.74) is 0.831. The Kier molecular flexibility index (Phi) is 1.75. The van der Waals surface area contributed by atoms with E-state index in [1.165, 1.54) is 0 Å². The molecule has 2 aliphatic rings. The highest BCUT2D eigenvalue weighted by Gasteiger charge is 2.44. The lowest BCUT2D eigenvalue weighted by atomic mass is 9.97. The third kappa shape index (κ3) is 1.30. The summed E-state index contributed by atoms with van der Waals surface area (Å²) in [5.74, 6) is 1.55. The molecule has 1 aliphatic carbocycles. The van der Waals surface area contributed by atoms with Crippen LogP contribution >= 0.6 is 0 Å². The van der Waals surface area contributed by atoms with E-state index in [9.17, 15) is 4.79 Å². The van der Waals surface area contributed by atoms with Crippen molar-refractivity contribution in [3.05, 3.63) is 23.8 Å². The number of ether oxygens (including phenoxy) is 2. The van der Waals surface area contributed by atoms with E-state index in [2.05, 4.69) is 0 Å². The van der Waals surface area contributed by atoms with Gasteiger partial charge in [-0.1, -0.05) is 6.07 Å². The predicted molar refractivity (Wildman–Crippen MR) is 54.4 cm³/mol. The number of hydrogen-bond donors (Lipinski definition) is 0. The fourth-order valence-electron chi connectivity index (χ4n) is 1.96. The summed E-state index contributed by atoms with van der Waals surface area (Å²) in [5, 5.41) is 0. The molecule has 1 aliphatic heterocycles. The van der Waals surface area contributed by atoms with Crippen molar-refractivity contribution >= 4 is 6.29 Å². The van der Waals surface area contributed by atoms with Crippen molar-refractivity contribution in [1.29, 1.82) is 0 Å². The summed E-state index contributed by atoms with van der Waals surface area (Å²) in [6.07, 6.45) is 2.96. The molecule has 78 valence electrons. The Bertz CT molecular complexity index is 407. The van der Waals surface area contributed by atoms with Crippen molar-refractivity contribution in [3.63, 3.8) is 0 Å². The van der Waals surface area contributed by atoms with E-state index in [1.807, 2.05) is 18.2 Å². The Morgan fingerprint density at radius 3 is 2.53 bits per heavy atom. The van der Waals surface area contributed by atoms with Crippen molar-refractivity contribution < 1.29 is 14.3 Å². The lowest BCUT2D eigenvalue weighted by Gasteiger charge is -2.20. The quantitative estimate of drug-likeness (QED) is 0.688. The van der Waals surface area contributed by atoms with Crippen molar-refractivity contribution in [3.8, 4) is 11.5 Å². The molecule has 0 spiro atoms. The smallest absolute Gasteiger partial charge is 0.161 e. The van der Waals surface area contributed by atoms with Gasteiger partial charge in [-0.15, -0.1) is 0 Å². The molecular formula is C12H12O3. The average Bonchev–Trinajstić information content (AvgIpc) is 3.09. The van der Waals surface area contributed by atoms with E-state index in [4.69, 9.17) is 9.47 Å². The molecule has 0 amide bonds. The van der Waals surface area contributed by atoms with E-state index < -0.39 is 0 Å². The third-order valence-electron chi connectivity index (χ3n) is 3.13. The molecule has 3 heteroatoms. The fourth-order valence-corrected chi connectivity index (χ4v) is 1.96. The minimum Gasteiger partial charge on any atom is -0.486 e. The SMILES string of the molecule is O=CC1(c2ccc3c(c2)OCCO3)CC1. The summed E-state index contributed by atoms with van der Waals surface area (Å²) >= 11 is 0.